The van der Waals surface area contributed by atoms with Crippen LogP contribution in [0.5, 0.6) is 0 Å². The van der Waals surface area contributed by atoms with E-state index in [1.807, 2.05) is 36.7 Å². The van der Waals surface area contributed by atoms with Crippen molar-refractivity contribution in [1.82, 2.24) is 24.6 Å². The van der Waals surface area contributed by atoms with Crippen molar-refractivity contribution in [1.29, 1.82) is 0 Å². The van der Waals surface area contributed by atoms with Gasteiger partial charge in [-0.1, -0.05) is 6.07 Å². The van der Waals surface area contributed by atoms with Crippen LogP contribution in [0.25, 0.3) is 17.8 Å². The maximum absolute atomic E-state index is 4.82. The summed E-state index contributed by atoms with van der Waals surface area (Å²) in [4.78, 5) is 16.1. The van der Waals surface area contributed by atoms with E-state index in [-0.39, 0.29) is 0 Å². The molecule has 0 bridgehead atoms. The van der Waals surface area contributed by atoms with Crippen LogP contribution in [0.1, 0.15) is 41.3 Å². The standard InChI is InChI=1S/C19H22N6/c1-13-6-9-18(24-10-4-5-11-24)21-16(13)7-8-17-22-19-15(3)20-12-14(2)25(19)23-17/h6-9,12H,4-5,10-11H2,1-3H3/b8-7+. The van der Waals surface area contributed by atoms with E-state index in [1.165, 1.54) is 12.8 Å². The molecule has 0 unspecified atom stereocenters. The number of aromatic nitrogens is 5. The van der Waals surface area contributed by atoms with Gasteiger partial charge in [0.15, 0.2) is 11.5 Å². The molecule has 3 aromatic rings. The third kappa shape index (κ3) is 2.99. The maximum Gasteiger partial charge on any atom is 0.177 e. The van der Waals surface area contributed by atoms with Gasteiger partial charge in [-0.05, 0) is 57.4 Å². The predicted octanol–water partition coefficient (Wildman–Crippen LogP) is 3.22. The van der Waals surface area contributed by atoms with Crippen LogP contribution in [0.2, 0.25) is 0 Å². The minimum absolute atomic E-state index is 0.673. The van der Waals surface area contributed by atoms with E-state index in [0.29, 0.717) is 5.82 Å². The quantitative estimate of drug-likeness (QED) is 0.736. The summed E-state index contributed by atoms with van der Waals surface area (Å²) in [5.74, 6) is 1.73. The number of hydrogen-bond acceptors (Lipinski definition) is 5. The fourth-order valence-electron chi connectivity index (χ4n) is 3.16. The van der Waals surface area contributed by atoms with E-state index in [1.54, 1.807) is 0 Å². The summed E-state index contributed by atoms with van der Waals surface area (Å²) in [7, 11) is 0. The highest BCUT2D eigenvalue weighted by Gasteiger charge is 2.14. The second-order valence-electron chi connectivity index (χ2n) is 6.59. The first-order valence-corrected chi connectivity index (χ1v) is 8.71. The number of fused-ring (bicyclic) bond motifs is 1. The maximum atomic E-state index is 4.82. The van der Waals surface area contributed by atoms with E-state index in [4.69, 9.17) is 4.98 Å². The Kier molecular flexibility index (Phi) is 3.95. The third-order valence-electron chi connectivity index (χ3n) is 4.67. The Bertz CT molecular complexity index is 911. The van der Waals surface area contributed by atoms with Crippen molar-refractivity contribution in [3.05, 3.63) is 46.8 Å². The van der Waals surface area contributed by atoms with Crippen molar-refractivity contribution in [3.63, 3.8) is 0 Å². The van der Waals surface area contributed by atoms with E-state index in [2.05, 4.69) is 39.0 Å². The number of hydrogen-bond donors (Lipinski definition) is 0. The van der Waals surface area contributed by atoms with Crippen LogP contribution in [-0.2, 0) is 0 Å². The number of rotatable bonds is 3. The molecule has 0 N–H and O–H groups in total. The Balaban J connectivity index is 1.66. The molecule has 0 aromatic carbocycles. The minimum Gasteiger partial charge on any atom is -0.357 e. The lowest BCUT2D eigenvalue weighted by atomic mass is 10.2. The Morgan fingerprint density at radius 3 is 2.56 bits per heavy atom. The summed E-state index contributed by atoms with van der Waals surface area (Å²) in [5.41, 5.74) is 4.77. The van der Waals surface area contributed by atoms with Gasteiger partial charge < -0.3 is 4.90 Å². The summed E-state index contributed by atoms with van der Waals surface area (Å²) in [6.45, 7) is 8.20. The Morgan fingerprint density at radius 2 is 1.80 bits per heavy atom. The van der Waals surface area contributed by atoms with Gasteiger partial charge in [0.1, 0.15) is 5.82 Å². The van der Waals surface area contributed by atoms with Crippen molar-refractivity contribution >= 4 is 23.6 Å². The van der Waals surface area contributed by atoms with Crippen LogP contribution < -0.4 is 4.90 Å². The lowest BCUT2D eigenvalue weighted by Gasteiger charge is -2.17. The summed E-state index contributed by atoms with van der Waals surface area (Å²) in [5, 5.41) is 4.56. The van der Waals surface area contributed by atoms with Crippen LogP contribution in [0.15, 0.2) is 18.3 Å². The Labute approximate surface area is 147 Å². The highest BCUT2D eigenvalue weighted by molar-refractivity contribution is 5.68. The molecule has 1 fully saturated rings. The first kappa shape index (κ1) is 15.7. The molecule has 0 amide bonds. The van der Waals surface area contributed by atoms with Gasteiger partial charge in [-0.25, -0.2) is 14.5 Å². The van der Waals surface area contributed by atoms with Crippen LogP contribution in [0.4, 0.5) is 5.82 Å². The molecular formula is C19H22N6. The van der Waals surface area contributed by atoms with Gasteiger partial charge in [-0.3, -0.25) is 4.98 Å². The van der Waals surface area contributed by atoms with Gasteiger partial charge in [-0.2, -0.15) is 0 Å². The van der Waals surface area contributed by atoms with Gasteiger partial charge >= 0.3 is 0 Å². The molecule has 3 aromatic heterocycles. The SMILES string of the molecule is Cc1ccc(N2CCCC2)nc1/C=C/c1nc2c(C)ncc(C)n2n1. The smallest absolute Gasteiger partial charge is 0.177 e. The molecule has 0 atom stereocenters. The van der Waals surface area contributed by atoms with Crippen molar-refractivity contribution in [2.45, 2.75) is 33.6 Å². The monoisotopic (exact) mass is 334 g/mol. The fraction of sp³-hybridized carbons (Fsp3) is 0.368. The third-order valence-corrected chi connectivity index (χ3v) is 4.67. The summed E-state index contributed by atoms with van der Waals surface area (Å²) >= 11 is 0. The molecule has 0 aliphatic carbocycles. The molecule has 1 saturated heterocycles. The average Bonchev–Trinajstić information content (AvgIpc) is 3.28. The number of pyridine rings is 1. The number of nitrogens with zero attached hydrogens (tertiary/aromatic N) is 6. The zero-order chi connectivity index (χ0) is 17.4. The van der Waals surface area contributed by atoms with Gasteiger partial charge in [0.25, 0.3) is 0 Å². The summed E-state index contributed by atoms with van der Waals surface area (Å²) in [6, 6.07) is 4.25. The minimum atomic E-state index is 0.673. The second-order valence-corrected chi connectivity index (χ2v) is 6.59. The van der Waals surface area contributed by atoms with Gasteiger partial charge in [-0.15, -0.1) is 5.10 Å². The van der Waals surface area contributed by atoms with Gasteiger partial charge in [0, 0.05) is 19.3 Å². The molecule has 25 heavy (non-hydrogen) atoms. The topological polar surface area (TPSA) is 59.2 Å². The molecule has 4 heterocycles. The van der Waals surface area contributed by atoms with Crippen LogP contribution >= 0.6 is 0 Å². The van der Waals surface area contributed by atoms with Gasteiger partial charge in [0.2, 0.25) is 0 Å². The molecule has 128 valence electrons. The first-order valence-electron chi connectivity index (χ1n) is 8.71. The largest absolute Gasteiger partial charge is 0.357 e. The van der Waals surface area contributed by atoms with Crippen molar-refractivity contribution in [3.8, 4) is 0 Å². The lowest BCUT2D eigenvalue weighted by molar-refractivity contribution is 0.884. The fourth-order valence-corrected chi connectivity index (χ4v) is 3.16. The Hall–Kier alpha value is -2.76. The molecular weight excluding hydrogens is 312 g/mol. The lowest BCUT2D eigenvalue weighted by Crippen LogP contribution is -2.19. The number of aryl methyl sites for hydroxylation is 3. The van der Waals surface area contributed by atoms with E-state index < -0.39 is 0 Å². The van der Waals surface area contributed by atoms with Crippen LogP contribution in [0, 0.1) is 20.8 Å². The molecule has 4 rings (SSSR count). The highest BCUT2D eigenvalue weighted by atomic mass is 15.3. The van der Waals surface area contributed by atoms with Crippen molar-refractivity contribution in [2.24, 2.45) is 0 Å². The molecule has 1 aliphatic rings. The van der Waals surface area contributed by atoms with Crippen molar-refractivity contribution < 1.29 is 0 Å². The van der Waals surface area contributed by atoms with Crippen LogP contribution in [-0.4, -0.2) is 37.7 Å². The van der Waals surface area contributed by atoms with E-state index in [9.17, 15) is 0 Å². The zero-order valence-corrected chi connectivity index (χ0v) is 14.9. The molecule has 1 aliphatic heterocycles. The summed E-state index contributed by atoms with van der Waals surface area (Å²) < 4.78 is 1.84. The molecule has 6 heteroatoms. The van der Waals surface area contributed by atoms with E-state index >= 15 is 0 Å². The second kappa shape index (κ2) is 6.27. The summed E-state index contributed by atoms with van der Waals surface area (Å²) in [6.07, 6.45) is 8.24. The molecule has 0 spiro atoms. The first-order chi connectivity index (χ1) is 12.1. The molecule has 0 saturated carbocycles. The predicted molar refractivity (Wildman–Crippen MR) is 99.6 cm³/mol. The van der Waals surface area contributed by atoms with Crippen LogP contribution in [0.3, 0.4) is 0 Å². The average molecular weight is 334 g/mol. The Morgan fingerprint density at radius 1 is 1.00 bits per heavy atom. The highest BCUT2D eigenvalue weighted by Crippen LogP contribution is 2.20. The van der Waals surface area contributed by atoms with E-state index in [0.717, 1.165) is 47.2 Å². The normalized spacial score (nSPS) is 14.9. The molecule has 0 radical (unpaired) electrons. The zero-order valence-electron chi connectivity index (χ0n) is 14.9. The molecule has 6 nitrogen and oxygen atoms in total. The van der Waals surface area contributed by atoms with Crippen molar-refractivity contribution in [2.75, 3.05) is 18.0 Å². The number of anilines is 1. The van der Waals surface area contributed by atoms with Gasteiger partial charge in [0.05, 0.1) is 17.1 Å².